The predicted molar refractivity (Wildman–Crippen MR) is 112 cm³/mol. The second-order valence-corrected chi connectivity index (χ2v) is 7.68. The lowest BCUT2D eigenvalue weighted by molar-refractivity contribution is 0.567. The number of tetrazole rings is 1. The number of anilines is 2. The molecule has 5 rings (SSSR count). The average Bonchev–Trinajstić information content (AvgIpc) is 3.22. The van der Waals surface area contributed by atoms with Crippen molar-refractivity contribution < 1.29 is 0 Å². The third-order valence-corrected chi connectivity index (χ3v) is 5.62. The van der Waals surface area contributed by atoms with Gasteiger partial charge in [-0.25, -0.2) is 5.10 Å². The molecule has 3 heterocycles. The highest BCUT2D eigenvalue weighted by atomic mass is 79.9. The van der Waals surface area contributed by atoms with Crippen LogP contribution in [0.4, 0.5) is 11.6 Å². The first-order valence-electron chi connectivity index (χ1n) is 9.18. The summed E-state index contributed by atoms with van der Waals surface area (Å²) in [5.41, 5.74) is 4.59. The summed E-state index contributed by atoms with van der Waals surface area (Å²) in [6, 6.07) is 15.7. The van der Waals surface area contributed by atoms with Crippen molar-refractivity contribution in [2.45, 2.75) is 19.4 Å². The number of hydrogen-bond acceptors (Lipinski definition) is 6. The molecular formula is C20H16BrN7O. The number of fused-ring (bicyclic) bond motifs is 2. The monoisotopic (exact) mass is 449 g/mol. The molecule has 8 nitrogen and oxygen atoms in total. The molecular weight excluding hydrogens is 434 g/mol. The Kier molecular flexibility index (Phi) is 4.24. The smallest absolute Gasteiger partial charge is 0.288 e. The van der Waals surface area contributed by atoms with E-state index in [0.29, 0.717) is 17.3 Å². The van der Waals surface area contributed by atoms with Crippen LogP contribution in [0.2, 0.25) is 0 Å². The van der Waals surface area contributed by atoms with Gasteiger partial charge in [-0.3, -0.25) is 4.79 Å². The largest absolute Gasteiger partial charge is 0.318 e. The minimum atomic E-state index is -0.379. The highest BCUT2D eigenvalue weighted by Gasteiger charge is 2.34. The van der Waals surface area contributed by atoms with Gasteiger partial charge >= 0.3 is 0 Å². The zero-order chi connectivity index (χ0) is 20.0. The molecule has 0 aliphatic carbocycles. The van der Waals surface area contributed by atoms with Crippen molar-refractivity contribution in [2.24, 2.45) is 0 Å². The summed E-state index contributed by atoms with van der Waals surface area (Å²) in [6.07, 6.45) is 0.949. The molecule has 0 unspecified atom stereocenters. The molecule has 1 atom stereocenters. The third kappa shape index (κ3) is 2.94. The first-order chi connectivity index (χ1) is 14.2. The second kappa shape index (κ2) is 6.93. The summed E-state index contributed by atoms with van der Waals surface area (Å²) < 4.78 is 2.65. The van der Waals surface area contributed by atoms with Gasteiger partial charge in [-0.2, -0.15) is 9.78 Å². The van der Waals surface area contributed by atoms with Gasteiger partial charge in [-0.15, -0.1) is 0 Å². The van der Waals surface area contributed by atoms with Gasteiger partial charge in [0.2, 0.25) is 5.95 Å². The van der Waals surface area contributed by atoms with Crippen LogP contribution in [0.25, 0.3) is 11.3 Å². The lowest BCUT2D eigenvalue weighted by atomic mass is 9.92. The fourth-order valence-electron chi connectivity index (χ4n) is 3.61. The van der Waals surface area contributed by atoms with Crippen molar-refractivity contribution >= 4 is 27.6 Å². The highest BCUT2D eigenvalue weighted by molar-refractivity contribution is 9.10. The number of hydrogen-bond donors (Lipinski definition) is 2. The Morgan fingerprint density at radius 3 is 2.59 bits per heavy atom. The number of nitrogens with zero attached hydrogens (tertiary/aromatic N) is 5. The van der Waals surface area contributed by atoms with E-state index >= 15 is 0 Å². The van der Waals surface area contributed by atoms with E-state index in [2.05, 4.69) is 78.2 Å². The Bertz CT molecular complexity index is 1250. The topological polar surface area (TPSA) is 101 Å². The summed E-state index contributed by atoms with van der Waals surface area (Å²) in [4.78, 5) is 12.6. The number of aromatic amines is 1. The van der Waals surface area contributed by atoms with E-state index in [-0.39, 0.29) is 11.6 Å². The van der Waals surface area contributed by atoms with Gasteiger partial charge in [0.1, 0.15) is 11.7 Å². The van der Waals surface area contributed by atoms with Crippen molar-refractivity contribution in [2.75, 3.05) is 5.32 Å². The second-order valence-electron chi connectivity index (χ2n) is 6.77. The Hall–Kier alpha value is -3.33. The molecule has 2 aromatic carbocycles. The Morgan fingerprint density at radius 1 is 1.10 bits per heavy atom. The van der Waals surface area contributed by atoms with Crippen LogP contribution in [0.3, 0.4) is 0 Å². The molecule has 29 heavy (non-hydrogen) atoms. The quantitative estimate of drug-likeness (QED) is 0.437. The third-order valence-electron chi connectivity index (χ3n) is 5.09. The number of benzene rings is 2. The predicted octanol–water partition coefficient (Wildman–Crippen LogP) is 3.44. The average molecular weight is 450 g/mol. The minimum Gasteiger partial charge on any atom is -0.318 e. The van der Waals surface area contributed by atoms with E-state index in [4.69, 9.17) is 0 Å². The first kappa shape index (κ1) is 17.7. The summed E-state index contributed by atoms with van der Waals surface area (Å²) in [7, 11) is 0. The fraction of sp³-hybridized carbons (Fsp3) is 0.150. The SMILES string of the molecule is CCc1ccc([C@H]2c3c(-c4ccc(Br)cc4)n[nH]c(=O)c3Nc3nnnn32)cc1. The van der Waals surface area contributed by atoms with Crippen LogP contribution in [-0.2, 0) is 6.42 Å². The highest BCUT2D eigenvalue weighted by Crippen LogP contribution is 2.41. The Balaban J connectivity index is 1.78. The van der Waals surface area contributed by atoms with Gasteiger partial charge in [0.25, 0.3) is 5.56 Å². The number of aromatic nitrogens is 6. The molecule has 0 amide bonds. The number of nitrogens with one attached hydrogen (secondary N) is 2. The molecule has 144 valence electrons. The van der Waals surface area contributed by atoms with Crippen LogP contribution in [0, 0.1) is 0 Å². The summed E-state index contributed by atoms with van der Waals surface area (Å²) in [6.45, 7) is 2.11. The van der Waals surface area contributed by atoms with Crippen LogP contribution in [0.1, 0.15) is 29.7 Å². The molecule has 0 saturated heterocycles. The van der Waals surface area contributed by atoms with Gasteiger partial charge in [-0.1, -0.05) is 64.4 Å². The summed E-state index contributed by atoms with van der Waals surface area (Å²) >= 11 is 3.46. The first-order valence-corrected chi connectivity index (χ1v) is 9.97. The maximum Gasteiger partial charge on any atom is 0.288 e. The lowest BCUT2D eigenvalue weighted by Crippen LogP contribution is -2.29. The van der Waals surface area contributed by atoms with Crippen LogP contribution >= 0.6 is 15.9 Å². The van der Waals surface area contributed by atoms with Crippen molar-refractivity contribution in [3.8, 4) is 11.3 Å². The van der Waals surface area contributed by atoms with E-state index in [0.717, 1.165) is 27.6 Å². The van der Waals surface area contributed by atoms with E-state index in [1.807, 2.05) is 24.3 Å². The number of halogens is 1. The van der Waals surface area contributed by atoms with Crippen molar-refractivity contribution in [1.82, 2.24) is 30.4 Å². The fourth-order valence-corrected chi connectivity index (χ4v) is 3.87. The van der Waals surface area contributed by atoms with Crippen LogP contribution < -0.4 is 10.9 Å². The molecule has 0 saturated carbocycles. The normalized spacial score (nSPS) is 14.8. The molecule has 1 aliphatic rings. The maximum atomic E-state index is 12.6. The zero-order valence-electron chi connectivity index (χ0n) is 15.4. The summed E-state index contributed by atoms with van der Waals surface area (Å²) in [5, 5.41) is 22.1. The molecule has 2 N–H and O–H groups in total. The molecule has 0 bridgehead atoms. The van der Waals surface area contributed by atoms with Gasteiger partial charge < -0.3 is 5.32 Å². The number of H-pyrrole nitrogens is 1. The summed E-state index contributed by atoms with van der Waals surface area (Å²) in [5.74, 6) is 0.417. The molecule has 4 aromatic rings. The van der Waals surface area contributed by atoms with E-state index in [9.17, 15) is 4.79 Å². The molecule has 0 spiro atoms. The lowest BCUT2D eigenvalue weighted by Gasteiger charge is -2.28. The standard InChI is InChI=1S/C20H16BrN7O/c1-2-11-3-5-13(6-4-11)18-15-16(12-7-9-14(21)10-8-12)23-24-19(29)17(15)22-20-25-26-27-28(18)20/h3-10,18H,2H2,1H3,(H,24,29)(H,22,25,27)/t18-/m0/s1. The minimum absolute atomic E-state index is 0.315. The van der Waals surface area contributed by atoms with Gasteiger partial charge in [-0.05, 0) is 40.1 Å². The molecule has 9 heteroatoms. The Labute approximate surface area is 174 Å². The van der Waals surface area contributed by atoms with E-state index in [1.165, 1.54) is 5.56 Å². The number of rotatable bonds is 3. The van der Waals surface area contributed by atoms with E-state index < -0.39 is 0 Å². The number of aryl methyl sites for hydroxylation is 1. The molecule has 2 aromatic heterocycles. The van der Waals surface area contributed by atoms with Gasteiger partial charge in [0.15, 0.2) is 0 Å². The van der Waals surface area contributed by atoms with Crippen LogP contribution in [-0.4, -0.2) is 30.4 Å². The van der Waals surface area contributed by atoms with Crippen molar-refractivity contribution in [3.63, 3.8) is 0 Å². The Morgan fingerprint density at radius 2 is 1.86 bits per heavy atom. The van der Waals surface area contributed by atoms with Crippen molar-refractivity contribution in [3.05, 3.63) is 80.0 Å². The molecule has 0 radical (unpaired) electrons. The van der Waals surface area contributed by atoms with Crippen LogP contribution in [0.5, 0.6) is 0 Å². The van der Waals surface area contributed by atoms with Crippen molar-refractivity contribution in [1.29, 1.82) is 0 Å². The molecule has 0 fully saturated rings. The van der Waals surface area contributed by atoms with Gasteiger partial charge in [0.05, 0.1) is 5.69 Å². The maximum absolute atomic E-state index is 12.6. The molecule has 1 aliphatic heterocycles. The zero-order valence-corrected chi connectivity index (χ0v) is 17.0. The van der Waals surface area contributed by atoms with Crippen LogP contribution in [0.15, 0.2) is 57.8 Å². The van der Waals surface area contributed by atoms with Gasteiger partial charge in [0, 0.05) is 15.6 Å². The van der Waals surface area contributed by atoms with E-state index in [1.54, 1.807) is 4.68 Å².